The standard InChI is InChI=1S/C11H15Cl2NO/c1-2-6-14-7-8-15-11-9(12)4-3-5-10(11)13/h3-5,14H,2,6-8H2,1H3. The third-order valence-corrected chi connectivity index (χ3v) is 2.47. The van der Waals surface area contributed by atoms with E-state index >= 15 is 0 Å². The van der Waals surface area contributed by atoms with Crippen molar-refractivity contribution in [1.29, 1.82) is 0 Å². The zero-order chi connectivity index (χ0) is 11.1. The van der Waals surface area contributed by atoms with Crippen molar-refractivity contribution in [1.82, 2.24) is 5.32 Å². The average Bonchev–Trinajstić information content (AvgIpc) is 2.21. The van der Waals surface area contributed by atoms with E-state index in [4.69, 9.17) is 27.9 Å². The second-order valence-corrected chi connectivity index (χ2v) is 3.96. The minimum absolute atomic E-state index is 0.554. The second kappa shape index (κ2) is 6.94. The van der Waals surface area contributed by atoms with Crippen LogP contribution in [0, 0.1) is 0 Å². The maximum Gasteiger partial charge on any atom is 0.156 e. The molecule has 0 saturated heterocycles. The van der Waals surface area contributed by atoms with Gasteiger partial charge in [0.1, 0.15) is 6.61 Å². The van der Waals surface area contributed by atoms with Gasteiger partial charge in [-0.3, -0.25) is 0 Å². The summed E-state index contributed by atoms with van der Waals surface area (Å²) >= 11 is 11.9. The van der Waals surface area contributed by atoms with Gasteiger partial charge in [-0.2, -0.15) is 0 Å². The highest BCUT2D eigenvalue weighted by Crippen LogP contribution is 2.31. The van der Waals surface area contributed by atoms with Gasteiger partial charge in [0.2, 0.25) is 0 Å². The Kier molecular flexibility index (Phi) is 5.84. The van der Waals surface area contributed by atoms with Gasteiger partial charge in [-0.1, -0.05) is 36.2 Å². The normalized spacial score (nSPS) is 10.3. The number of rotatable bonds is 6. The molecule has 0 unspecified atom stereocenters. The molecule has 1 aromatic rings. The lowest BCUT2D eigenvalue weighted by atomic mass is 10.3. The number of hydrogen-bond donors (Lipinski definition) is 1. The molecular weight excluding hydrogens is 233 g/mol. The molecule has 0 aliphatic heterocycles. The molecule has 0 fully saturated rings. The molecule has 15 heavy (non-hydrogen) atoms. The Morgan fingerprint density at radius 2 is 1.87 bits per heavy atom. The van der Waals surface area contributed by atoms with Crippen molar-refractivity contribution in [3.8, 4) is 5.75 Å². The molecular formula is C11H15Cl2NO. The summed E-state index contributed by atoms with van der Waals surface area (Å²) in [5.74, 6) is 0.569. The van der Waals surface area contributed by atoms with Crippen LogP contribution < -0.4 is 10.1 Å². The van der Waals surface area contributed by atoms with Gasteiger partial charge >= 0.3 is 0 Å². The predicted molar refractivity (Wildman–Crippen MR) is 65.1 cm³/mol. The first kappa shape index (κ1) is 12.6. The van der Waals surface area contributed by atoms with Gasteiger partial charge in [0.25, 0.3) is 0 Å². The van der Waals surface area contributed by atoms with E-state index in [2.05, 4.69) is 12.2 Å². The predicted octanol–water partition coefficient (Wildman–Crippen LogP) is 3.37. The summed E-state index contributed by atoms with van der Waals surface area (Å²) in [5, 5.41) is 4.34. The van der Waals surface area contributed by atoms with Crippen LogP contribution in [-0.2, 0) is 0 Å². The fourth-order valence-corrected chi connectivity index (χ4v) is 1.65. The minimum atomic E-state index is 0.554. The summed E-state index contributed by atoms with van der Waals surface area (Å²) in [4.78, 5) is 0. The number of nitrogens with one attached hydrogen (secondary N) is 1. The Morgan fingerprint density at radius 1 is 1.20 bits per heavy atom. The Labute approximate surface area is 101 Å². The number of halogens is 2. The van der Waals surface area contributed by atoms with Crippen LogP contribution in [0.3, 0.4) is 0 Å². The first-order chi connectivity index (χ1) is 7.25. The van der Waals surface area contributed by atoms with Crippen LogP contribution >= 0.6 is 23.2 Å². The van der Waals surface area contributed by atoms with Crippen LogP contribution in [-0.4, -0.2) is 19.7 Å². The van der Waals surface area contributed by atoms with Gasteiger partial charge in [0.15, 0.2) is 5.75 Å². The molecule has 0 aromatic heterocycles. The smallest absolute Gasteiger partial charge is 0.156 e. The molecule has 1 rings (SSSR count). The van der Waals surface area contributed by atoms with Crippen molar-refractivity contribution >= 4 is 23.2 Å². The highest BCUT2D eigenvalue weighted by atomic mass is 35.5. The third-order valence-electron chi connectivity index (χ3n) is 1.87. The van der Waals surface area contributed by atoms with Crippen molar-refractivity contribution in [2.75, 3.05) is 19.7 Å². The molecule has 0 radical (unpaired) electrons. The summed E-state index contributed by atoms with van der Waals surface area (Å²) < 4.78 is 5.49. The summed E-state index contributed by atoms with van der Waals surface area (Å²) in [5.41, 5.74) is 0. The van der Waals surface area contributed by atoms with Crippen molar-refractivity contribution < 1.29 is 4.74 Å². The fourth-order valence-electron chi connectivity index (χ4n) is 1.15. The number of ether oxygens (including phenoxy) is 1. The zero-order valence-electron chi connectivity index (χ0n) is 8.72. The van der Waals surface area contributed by atoms with Gasteiger partial charge in [0, 0.05) is 6.54 Å². The number of para-hydroxylation sites is 1. The molecule has 0 aliphatic rings. The molecule has 0 amide bonds. The van der Waals surface area contributed by atoms with Crippen LogP contribution in [0.5, 0.6) is 5.75 Å². The van der Waals surface area contributed by atoms with E-state index in [0.29, 0.717) is 22.4 Å². The molecule has 1 N–H and O–H groups in total. The monoisotopic (exact) mass is 247 g/mol. The first-order valence-corrected chi connectivity index (χ1v) is 5.78. The Morgan fingerprint density at radius 3 is 2.47 bits per heavy atom. The van der Waals surface area contributed by atoms with Gasteiger partial charge in [-0.15, -0.1) is 0 Å². The summed E-state index contributed by atoms with van der Waals surface area (Å²) in [6, 6.07) is 5.33. The molecule has 1 aromatic carbocycles. The van der Waals surface area contributed by atoms with E-state index < -0.39 is 0 Å². The summed E-state index contributed by atoms with van der Waals surface area (Å²) in [6.07, 6.45) is 1.12. The van der Waals surface area contributed by atoms with E-state index in [1.807, 2.05) is 0 Å². The van der Waals surface area contributed by atoms with E-state index in [-0.39, 0.29) is 0 Å². The Hall–Kier alpha value is -0.440. The van der Waals surface area contributed by atoms with Crippen LogP contribution in [0.4, 0.5) is 0 Å². The fraction of sp³-hybridized carbons (Fsp3) is 0.455. The first-order valence-electron chi connectivity index (χ1n) is 5.03. The third kappa shape index (κ3) is 4.29. The maximum atomic E-state index is 5.94. The lowest BCUT2D eigenvalue weighted by Gasteiger charge is -2.09. The van der Waals surface area contributed by atoms with Gasteiger partial charge < -0.3 is 10.1 Å². The van der Waals surface area contributed by atoms with Gasteiger partial charge in [0.05, 0.1) is 10.0 Å². The minimum Gasteiger partial charge on any atom is -0.489 e. The topological polar surface area (TPSA) is 21.3 Å². The van der Waals surface area contributed by atoms with E-state index in [0.717, 1.165) is 19.5 Å². The molecule has 0 atom stereocenters. The quantitative estimate of drug-likeness (QED) is 0.779. The lowest BCUT2D eigenvalue weighted by Crippen LogP contribution is -2.21. The maximum absolute atomic E-state index is 5.94. The highest BCUT2D eigenvalue weighted by molar-refractivity contribution is 6.37. The van der Waals surface area contributed by atoms with Gasteiger partial charge in [-0.05, 0) is 25.1 Å². The Balaban J connectivity index is 2.37. The van der Waals surface area contributed by atoms with E-state index in [1.54, 1.807) is 18.2 Å². The van der Waals surface area contributed by atoms with Crippen molar-refractivity contribution in [2.45, 2.75) is 13.3 Å². The molecule has 0 bridgehead atoms. The van der Waals surface area contributed by atoms with E-state index in [1.165, 1.54) is 0 Å². The van der Waals surface area contributed by atoms with E-state index in [9.17, 15) is 0 Å². The zero-order valence-corrected chi connectivity index (χ0v) is 10.2. The number of benzene rings is 1. The Bertz CT molecular complexity index is 284. The SMILES string of the molecule is CCCNCCOc1c(Cl)cccc1Cl. The molecule has 0 aliphatic carbocycles. The van der Waals surface area contributed by atoms with Crippen molar-refractivity contribution in [3.63, 3.8) is 0 Å². The van der Waals surface area contributed by atoms with Crippen LogP contribution in [0.15, 0.2) is 18.2 Å². The molecule has 0 spiro atoms. The average molecular weight is 248 g/mol. The molecule has 2 nitrogen and oxygen atoms in total. The summed E-state index contributed by atoms with van der Waals surface area (Å²) in [7, 11) is 0. The van der Waals surface area contributed by atoms with Crippen molar-refractivity contribution in [2.24, 2.45) is 0 Å². The highest BCUT2D eigenvalue weighted by Gasteiger charge is 2.05. The molecule has 0 saturated carbocycles. The van der Waals surface area contributed by atoms with Crippen LogP contribution in [0.1, 0.15) is 13.3 Å². The largest absolute Gasteiger partial charge is 0.489 e. The summed E-state index contributed by atoms with van der Waals surface area (Å²) in [6.45, 7) is 4.50. The van der Waals surface area contributed by atoms with Gasteiger partial charge in [-0.25, -0.2) is 0 Å². The lowest BCUT2D eigenvalue weighted by molar-refractivity contribution is 0.314. The van der Waals surface area contributed by atoms with Crippen LogP contribution in [0.2, 0.25) is 10.0 Å². The second-order valence-electron chi connectivity index (χ2n) is 3.15. The van der Waals surface area contributed by atoms with Crippen molar-refractivity contribution in [3.05, 3.63) is 28.2 Å². The molecule has 84 valence electrons. The molecule has 0 heterocycles. The number of hydrogen-bond acceptors (Lipinski definition) is 2. The molecule has 4 heteroatoms. The van der Waals surface area contributed by atoms with Crippen LogP contribution in [0.25, 0.3) is 0 Å².